The maximum absolute atomic E-state index is 11.9. The van der Waals surface area contributed by atoms with E-state index in [1.165, 1.54) is 12.0 Å². The minimum Gasteiger partial charge on any atom is -0.467 e. The monoisotopic (exact) mass is 274 g/mol. The Morgan fingerprint density at radius 1 is 1.42 bits per heavy atom. The fourth-order valence-electron chi connectivity index (χ4n) is 1.89. The summed E-state index contributed by atoms with van der Waals surface area (Å²) in [4.78, 5) is 24.8. The molecule has 0 unspecified atom stereocenters. The van der Waals surface area contributed by atoms with Crippen molar-refractivity contribution >= 4 is 12.1 Å². The van der Waals surface area contributed by atoms with E-state index >= 15 is 0 Å². The van der Waals surface area contributed by atoms with Crippen LogP contribution in [0.4, 0.5) is 4.79 Å². The number of aliphatic hydroxyl groups is 1. The molecular weight excluding hydrogens is 252 g/mol. The third-order valence-corrected chi connectivity index (χ3v) is 2.98. The molecule has 1 aliphatic heterocycles. The van der Waals surface area contributed by atoms with Crippen LogP contribution < -0.4 is 5.73 Å². The molecule has 0 aromatic rings. The molecule has 1 heterocycles. The van der Waals surface area contributed by atoms with E-state index in [0.717, 1.165) is 0 Å². The van der Waals surface area contributed by atoms with Crippen LogP contribution in [0.25, 0.3) is 0 Å². The molecule has 19 heavy (non-hydrogen) atoms. The van der Waals surface area contributed by atoms with Gasteiger partial charge in [0, 0.05) is 19.5 Å². The van der Waals surface area contributed by atoms with E-state index in [4.69, 9.17) is 10.5 Å². The van der Waals surface area contributed by atoms with Crippen LogP contribution in [0.3, 0.4) is 0 Å². The van der Waals surface area contributed by atoms with Crippen LogP contribution in [0.1, 0.15) is 27.2 Å². The Hall–Kier alpha value is -1.34. The lowest BCUT2D eigenvalue weighted by molar-refractivity contribution is -0.169. The smallest absolute Gasteiger partial charge is 0.410 e. The van der Waals surface area contributed by atoms with Crippen LogP contribution in [0, 0.1) is 0 Å². The van der Waals surface area contributed by atoms with Gasteiger partial charge < -0.3 is 25.2 Å². The van der Waals surface area contributed by atoms with Crippen molar-refractivity contribution in [3.05, 3.63) is 0 Å². The number of carbonyl (C=O) groups excluding carboxylic acids is 2. The Labute approximate surface area is 112 Å². The van der Waals surface area contributed by atoms with Crippen molar-refractivity contribution in [2.24, 2.45) is 5.73 Å². The second kappa shape index (κ2) is 5.34. The molecule has 0 aromatic carbocycles. The Morgan fingerprint density at radius 2 is 2.00 bits per heavy atom. The van der Waals surface area contributed by atoms with Gasteiger partial charge in [-0.25, -0.2) is 9.59 Å². The summed E-state index contributed by atoms with van der Waals surface area (Å²) in [5, 5.41) is 10.2. The van der Waals surface area contributed by atoms with Crippen LogP contribution in [0.15, 0.2) is 0 Å². The first kappa shape index (κ1) is 15.7. The second-order valence-electron chi connectivity index (χ2n) is 5.70. The van der Waals surface area contributed by atoms with Crippen molar-refractivity contribution in [3.63, 3.8) is 0 Å². The minimum atomic E-state index is -1.74. The Morgan fingerprint density at radius 3 is 2.42 bits per heavy atom. The average molecular weight is 274 g/mol. The largest absolute Gasteiger partial charge is 0.467 e. The molecule has 1 amide bonds. The summed E-state index contributed by atoms with van der Waals surface area (Å²) < 4.78 is 9.75. The second-order valence-corrected chi connectivity index (χ2v) is 5.70. The van der Waals surface area contributed by atoms with Crippen LogP contribution in [0.5, 0.6) is 0 Å². The highest BCUT2D eigenvalue weighted by molar-refractivity contribution is 5.81. The van der Waals surface area contributed by atoms with Gasteiger partial charge in [0.05, 0.1) is 13.2 Å². The van der Waals surface area contributed by atoms with Gasteiger partial charge in [0.15, 0.2) is 5.60 Å². The lowest BCUT2D eigenvalue weighted by Gasteiger charge is -2.40. The Bertz CT molecular complexity index is 366. The van der Waals surface area contributed by atoms with E-state index in [-0.39, 0.29) is 19.5 Å². The lowest BCUT2D eigenvalue weighted by Crippen LogP contribution is -2.64. The maximum Gasteiger partial charge on any atom is 0.410 e. The Kier molecular flexibility index (Phi) is 4.42. The summed E-state index contributed by atoms with van der Waals surface area (Å²) in [5.74, 6) is -0.774. The van der Waals surface area contributed by atoms with E-state index in [2.05, 4.69) is 4.74 Å². The van der Waals surface area contributed by atoms with Crippen LogP contribution >= 0.6 is 0 Å². The highest BCUT2D eigenvalue weighted by Crippen LogP contribution is 2.24. The molecule has 7 nitrogen and oxygen atoms in total. The summed E-state index contributed by atoms with van der Waals surface area (Å²) in [6.07, 6.45) is -0.477. The van der Waals surface area contributed by atoms with Crippen molar-refractivity contribution in [2.45, 2.75) is 44.4 Å². The van der Waals surface area contributed by atoms with Crippen LogP contribution in [-0.4, -0.2) is 59.5 Å². The molecule has 1 rings (SSSR count). The van der Waals surface area contributed by atoms with Crippen molar-refractivity contribution < 1.29 is 24.2 Å². The SMILES string of the molecule is COC(=O)[C@@]1(O)CCN(C(=O)OC(C)(C)C)C[C@H]1N. The van der Waals surface area contributed by atoms with Gasteiger partial charge in [-0.3, -0.25) is 0 Å². The molecule has 1 saturated heterocycles. The number of esters is 1. The predicted octanol–water partition coefficient (Wildman–Crippen LogP) is -0.141. The lowest BCUT2D eigenvalue weighted by atomic mass is 9.87. The van der Waals surface area contributed by atoms with Gasteiger partial charge in [0.1, 0.15) is 5.60 Å². The van der Waals surface area contributed by atoms with E-state index in [1.807, 2.05) is 0 Å². The van der Waals surface area contributed by atoms with Gasteiger partial charge in [-0.15, -0.1) is 0 Å². The number of likely N-dealkylation sites (tertiary alicyclic amines) is 1. The number of carbonyl (C=O) groups is 2. The number of nitrogens with zero attached hydrogens (tertiary/aromatic N) is 1. The average Bonchev–Trinajstić information content (AvgIpc) is 2.29. The maximum atomic E-state index is 11.9. The van der Waals surface area contributed by atoms with Gasteiger partial charge in [0.25, 0.3) is 0 Å². The summed E-state index contributed by atoms with van der Waals surface area (Å²) in [7, 11) is 1.19. The molecule has 2 atom stereocenters. The van der Waals surface area contributed by atoms with Crippen LogP contribution in [-0.2, 0) is 14.3 Å². The molecular formula is C12H22N2O5. The number of rotatable bonds is 1. The normalized spacial score (nSPS) is 27.9. The van der Waals surface area contributed by atoms with E-state index in [1.54, 1.807) is 20.8 Å². The van der Waals surface area contributed by atoms with Gasteiger partial charge in [-0.1, -0.05) is 0 Å². The topological polar surface area (TPSA) is 102 Å². The third-order valence-electron chi connectivity index (χ3n) is 2.98. The fourth-order valence-corrected chi connectivity index (χ4v) is 1.89. The number of amides is 1. The molecule has 0 bridgehead atoms. The predicted molar refractivity (Wildman–Crippen MR) is 67.4 cm³/mol. The van der Waals surface area contributed by atoms with E-state index < -0.39 is 29.3 Å². The molecule has 0 spiro atoms. The van der Waals surface area contributed by atoms with Gasteiger partial charge in [-0.05, 0) is 20.8 Å². The molecule has 0 radical (unpaired) electrons. The Balaban J connectivity index is 2.69. The highest BCUT2D eigenvalue weighted by Gasteiger charge is 2.48. The zero-order chi connectivity index (χ0) is 14.8. The molecule has 1 fully saturated rings. The molecule has 1 aliphatic rings. The van der Waals surface area contributed by atoms with Crippen molar-refractivity contribution in [2.75, 3.05) is 20.2 Å². The summed E-state index contributed by atoms with van der Waals surface area (Å²) >= 11 is 0. The van der Waals surface area contributed by atoms with Crippen LogP contribution in [0.2, 0.25) is 0 Å². The summed E-state index contributed by atoms with van der Waals surface area (Å²) in [5.41, 5.74) is 3.44. The summed E-state index contributed by atoms with van der Waals surface area (Å²) in [6.45, 7) is 5.52. The molecule has 7 heteroatoms. The number of ether oxygens (including phenoxy) is 2. The number of hydrogen-bond donors (Lipinski definition) is 2. The first-order valence-electron chi connectivity index (χ1n) is 6.14. The standard InChI is InChI=1S/C12H22N2O5/c1-11(2,3)19-10(16)14-6-5-12(17,8(13)7-14)9(15)18-4/h8,17H,5-7,13H2,1-4H3/t8-,12-/m1/s1. The number of nitrogens with two attached hydrogens (primary N) is 1. The minimum absolute atomic E-state index is 0.0279. The zero-order valence-corrected chi connectivity index (χ0v) is 11.8. The van der Waals surface area contributed by atoms with Crippen molar-refractivity contribution in [1.82, 2.24) is 4.90 Å². The highest BCUT2D eigenvalue weighted by atomic mass is 16.6. The van der Waals surface area contributed by atoms with Crippen molar-refractivity contribution in [3.8, 4) is 0 Å². The third kappa shape index (κ3) is 3.57. The van der Waals surface area contributed by atoms with Crippen molar-refractivity contribution in [1.29, 1.82) is 0 Å². The van der Waals surface area contributed by atoms with E-state index in [0.29, 0.717) is 0 Å². The molecule has 3 N–H and O–H groups in total. The number of hydrogen-bond acceptors (Lipinski definition) is 6. The zero-order valence-electron chi connectivity index (χ0n) is 11.8. The number of methoxy groups -OCH3 is 1. The first-order valence-corrected chi connectivity index (χ1v) is 6.14. The molecule has 0 aromatic heterocycles. The number of piperidine rings is 1. The molecule has 0 saturated carbocycles. The molecule has 0 aliphatic carbocycles. The molecule has 110 valence electrons. The van der Waals surface area contributed by atoms with Gasteiger partial charge in [0.2, 0.25) is 0 Å². The fraction of sp³-hybridized carbons (Fsp3) is 0.833. The summed E-state index contributed by atoms with van der Waals surface area (Å²) in [6, 6.07) is -0.902. The van der Waals surface area contributed by atoms with Gasteiger partial charge in [-0.2, -0.15) is 0 Å². The first-order chi connectivity index (χ1) is 8.60. The van der Waals surface area contributed by atoms with E-state index in [9.17, 15) is 14.7 Å². The van der Waals surface area contributed by atoms with Gasteiger partial charge >= 0.3 is 12.1 Å². The quantitative estimate of drug-likeness (QED) is 0.645.